The molecule has 2 rings (SSSR count). The molecule has 1 aromatic heterocycles. The first-order valence-electron chi connectivity index (χ1n) is 9.41. The molecular formula is C20H31ClIN5O2. The quantitative estimate of drug-likeness (QED) is 0.304. The Labute approximate surface area is 195 Å². The van der Waals surface area contributed by atoms with E-state index < -0.39 is 0 Å². The lowest BCUT2D eigenvalue weighted by molar-refractivity contribution is 0.311. The fourth-order valence-corrected chi connectivity index (χ4v) is 3.19. The fourth-order valence-electron chi connectivity index (χ4n) is 2.91. The van der Waals surface area contributed by atoms with Crippen LogP contribution in [0.3, 0.4) is 0 Å². The lowest BCUT2D eigenvalue weighted by atomic mass is 10.2. The smallest absolute Gasteiger partial charge is 0.191 e. The Morgan fingerprint density at radius 1 is 1.24 bits per heavy atom. The normalized spacial score (nSPS) is 11.1. The highest BCUT2D eigenvalue weighted by molar-refractivity contribution is 14.0. The van der Waals surface area contributed by atoms with Crippen LogP contribution in [0, 0.1) is 13.8 Å². The summed E-state index contributed by atoms with van der Waals surface area (Å²) in [7, 11) is 3.56. The second-order valence-corrected chi connectivity index (χ2v) is 6.77. The van der Waals surface area contributed by atoms with E-state index in [1.165, 1.54) is 5.56 Å². The van der Waals surface area contributed by atoms with Crippen molar-refractivity contribution in [2.24, 2.45) is 12.0 Å². The van der Waals surface area contributed by atoms with Crippen LogP contribution in [0.15, 0.2) is 17.1 Å². The highest BCUT2D eigenvalue weighted by Gasteiger charge is 2.12. The molecule has 0 saturated heterocycles. The predicted octanol–water partition coefficient (Wildman–Crippen LogP) is 3.97. The Bertz CT molecular complexity index is 839. The number of hydrogen-bond acceptors (Lipinski definition) is 4. The Morgan fingerprint density at radius 2 is 1.97 bits per heavy atom. The number of halogens is 2. The van der Waals surface area contributed by atoms with Crippen molar-refractivity contribution in [3.8, 4) is 11.5 Å². The van der Waals surface area contributed by atoms with Gasteiger partial charge in [-0.3, -0.25) is 4.68 Å². The van der Waals surface area contributed by atoms with Crippen molar-refractivity contribution >= 4 is 41.5 Å². The van der Waals surface area contributed by atoms with Crippen LogP contribution in [0.2, 0.25) is 5.02 Å². The van der Waals surface area contributed by atoms with Gasteiger partial charge in [-0.05, 0) is 45.4 Å². The average Bonchev–Trinajstić information content (AvgIpc) is 2.91. The third kappa shape index (κ3) is 6.67. The van der Waals surface area contributed by atoms with E-state index in [1.54, 1.807) is 7.11 Å². The zero-order valence-electron chi connectivity index (χ0n) is 17.9. The standard InChI is InChI=1S/C20H30ClN5O2.HI/c1-7-22-20(24-12-16-13(3)25-26(5)14(16)4)23-11-15-9-17(21)19(28-8-2)18(10-15)27-6;/h9-10H,7-8,11-12H2,1-6H3,(H2,22,23,24);1H. The minimum atomic E-state index is 0. The van der Waals surface area contributed by atoms with Crippen LogP contribution in [-0.4, -0.2) is 36.0 Å². The summed E-state index contributed by atoms with van der Waals surface area (Å²) in [6.45, 7) is 10.4. The Kier molecular flexibility index (Phi) is 10.6. The molecule has 0 atom stereocenters. The van der Waals surface area contributed by atoms with Gasteiger partial charge in [0.1, 0.15) is 0 Å². The van der Waals surface area contributed by atoms with Crippen molar-refractivity contribution in [2.45, 2.75) is 40.8 Å². The molecule has 9 heteroatoms. The van der Waals surface area contributed by atoms with Crippen LogP contribution in [0.4, 0.5) is 0 Å². The molecule has 0 fully saturated rings. The first-order chi connectivity index (χ1) is 13.4. The molecule has 1 heterocycles. The number of benzene rings is 1. The van der Waals surface area contributed by atoms with Gasteiger partial charge in [-0.15, -0.1) is 24.0 Å². The second-order valence-electron chi connectivity index (χ2n) is 6.36. The van der Waals surface area contributed by atoms with Crippen LogP contribution < -0.4 is 20.1 Å². The fraction of sp³-hybridized carbons (Fsp3) is 0.500. The second kappa shape index (κ2) is 12.1. The lowest BCUT2D eigenvalue weighted by Crippen LogP contribution is -2.37. The summed E-state index contributed by atoms with van der Waals surface area (Å²) in [5.41, 5.74) is 4.28. The van der Waals surface area contributed by atoms with E-state index >= 15 is 0 Å². The van der Waals surface area contributed by atoms with E-state index in [1.807, 2.05) is 44.6 Å². The number of aromatic nitrogens is 2. The molecule has 0 aliphatic rings. The Balaban J connectivity index is 0.00000420. The number of aliphatic imine (C=N–C) groups is 1. The third-order valence-electron chi connectivity index (χ3n) is 4.43. The maximum absolute atomic E-state index is 6.35. The molecule has 29 heavy (non-hydrogen) atoms. The summed E-state index contributed by atoms with van der Waals surface area (Å²) in [4.78, 5) is 4.67. The van der Waals surface area contributed by atoms with Crippen LogP contribution in [0.1, 0.15) is 36.4 Å². The third-order valence-corrected chi connectivity index (χ3v) is 4.71. The van der Waals surface area contributed by atoms with E-state index in [4.69, 9.17) is 21.1 Å². The van der Waals surface area contributed by atoms with Crippen LogP contribution in [-0.2, 0) is 20.1 Å². The van der Waals surface area contributed by atoms with Gasteiger partial charge in [0.25, 0.3) is 0 Å². The van der Waals surface area contributed by atoms with E-state index in [0.29, 0.717) is 36.2 Å². The lowest BCUT2D eigenvalue weighted by Gasteiger charge is -2.14. The molecule has 0 amide bonds. The molecule has 0 spiro atoms. The largest absolute Gasteiger partial charge is 0.493 e. The van der Waals surface area contributed by atoms with Gasteiger partial charge in [-0.25, -0.2) is 4.99 Å². The molecule has 7 nitrogen and oxygen atoms in total. The van der Waals surface area contributed by atoms with Crippen molar-refractivity contribution in [2.75, 3.05) is 20.3 Å². The van der Waals surface area contributed by atoms with Gasteiger partial charge in [0.15, 0.2) is 17.5 Å². The van der Waals surface area contributed by atoms with Crippen LogP contribution >= 0.6 is 35.6 Å². The summed E-state index contributed by atoms with van der Waals surface area (Å²) >= 11 is 6.35. The van der Waals surface area contributed by atoms with Gasteiger partial charge in [-0.1, -0.05) is 11.6 Å². The molecule has 1 aromatic carbocycles. The zero-order valence-corrected chi connectivity index (χ0v) is 21.0. The van der Waals surface area contributed by atoms with Crippen molar-refractivity contribution in [1.29, 1.82) is 0 Å². The van der Waals surface area contributed by atoms with E-state index in [2.05, 4.69) is 27.6 Å². The zero-order chi connectivity index (χ0) is 20.7. The molecule has 0 saturated carbocycles. The van der Waals surface area contributed by atoms with Crippen molar-refractivity contribution in [3.05, 3.63) is 39.7 Å². The summed E-state index contributed by atoms with van der Waals surface area (Å²) in [5, 5.41) is 11.6. The first-order valence-corrected chi connectivity index (χ1v) is 9.79. The Hall–Kier alpha value is -1.68. The summed E-state index contributed by atoms with van der Waals surface area (Å²) < 4.78 is 12.9. The topological polar surface area (TPSA) is 72.7 Å². The van der Waals surface area contributed by atoms with Crippen LogP contribution in [0.5, 0.6) is 11.5 Å². The first kappa shape index (κ1) is 25.4. The number of ether oxygens (including phenoxy) is 2. The molecule has 2 N–H and O–H groups in total. The van der Waals surface area contributed by atoms with Gasteiger partial charge in [-0.2, -0.15) is 5.10 Å². The monoisotopic (exact) mass is 535 g/mol. The van der Waals surface area contributed by atoms with Crippen LogP contribution in [0.25, 0.3) is 0 Å². The predicted molar refractivity (Wildman–Crippen MR) is 129 cm³/mol. The maximum atomic E-state index is 6.35. The summed E-state index contributed by atoms with van der Waals surface area (Å²) in [5.74, 6) is 1.90. The molecule has 0 bridgehead atoms. The molecule has 2 aromatic rings. The number of nitrogens with zero attached hydrogens (tertiary/aromatic N) is 3. The minimum absolute atomic E-state index is 0. The number of methoxy groups -OCH3 is 1. The van der Waals surface area contributed by atoms with Gasteiger partial charge >= 0.3 is 0 Å². The number of rotatable bonds is 8. The summed E-state index contributed by atoms with van der Waals surface area (Å²) in [6, 6.07) is 3.76. The minimum Gasteiger partial charge on any atom is -0.493 e. The van der Waals surface area contributed by atoms with Gasteiger partial charge in [0.05, 0.1) is 31.0 Å². The van der Waals surface area contributed by atoms with E-state index in [9.17, 15) is 0 Å². The molecule has 0 aliphatic carbocycles. The SMILES string of the molecule is CCNC(=NCc1cc(Cl)c(OCC)c(OC)c1)NCc1c(C)nn(C)c1C.I. The van der Waals surface area contributed by atoms with Crippen molar-refractivity contribution < 1.29 is 9.47 Å². The molecular weight excluding hydrogens is 505 g/mol. The average molecular weight is 536 g/mol. The van der Waals surface area contributed by atoms with Gasteiger partial charge < -0.3 is 20.1 Å². The van der Waals surface area contributed by atoms with Gasteiger partial charge in [0, 0.05) is 31.4 Å². The summed E-state index contributed by atoms with van der Waals surface area (Å²) in [6.07, 6.45) is 0. The Morgan fingerprint density at radius 3 is 2.52 bits per heavy atom. The maximum Gasteiger partial charge on any atom is 0.191 e. The number of nitrogens with one attached hydrogen (secondary N) is 2. The van der Waals surface area contributed by atoms with E-state index in [-0.39, 0.29) is 24.0 Å². The molecule has 0 unspecified atom stereocenters. The number of hydrogen-bond donors (Lipinski definition) is 2. The highest BCUT2D eigenvalue weighted by Crippen LogP contribution is 2.36. The number of guanidine groups is 1. The van der Waals surface area contributed by atoms with Crippen molar-refractivity contribution in [3.63, 3.8) is 0 Å². The van der Waals surface area contributed by atoms with Crippen molar-refractivity contribution in [1.82, 2.24) is 20.4 Å². The van der Waals surface area contributed by atoms with E-state index in [0.717, 1.165) is 29.5 Å². The molecule has 0 radical (unpaired) electrons. The molecule has 0 aliphatic heterocycles. The molecule has 162 valence electrons. The number of aryl methyl sites for hydroxylation is 2. The van der Waals surface area contributed by atoms with Gasteiger partial charge in [0.2, 0.25) is 0 Å². The highest BCUT2D eigenvalue weighted by atomic mass is 127.